The van der Waals surface area contributed by atoms with Crippen molar-refractivity contribution in [1.82, 2.24) is 4.98 Å². The fourth-order valence-corrected chi connectivity index (χ4v) is 3.81. The maximum atomic E-state index is 14.1. The summed E-state index contributed by atoms with van der Waals surface area (Å²) in [6, 6.07) is 1.73. The molecule has 1 heterocycles. The summed E-state index contributed by atoms with van der Waals surface area (Å²) in [6.07, 6.45) is 0. The van der Waals surface area contributed by atoms with Crippen LogP contribution in [0.25, 0.3) is 0 Å². The molecule has 2 aromatic rings. The molecule has 0 aliphatic carbocycles. The smallest absolute Gasteiger partial charge is 0.266 e. The Morgan fingerprint density at radius 3 is 2.52 bits per heavy atom. The minimum Gasteiger partial charge on any atom is -0.326 e. The maximum Gasteiger partial charge on any atom is 0.266 e. The molecule has 0 spiro atoms. The first-order chi connectivity index (χ1) is 9.76. The van der Waals surface area contributed by atoms with Crippen molar-refractivity contribution in [2.75, 3.05) is 4.72 Å². The van der Waals surface area contributed by atoms with Crippen LogP contribution in [0.3, 0.4) is 0 Å². The van der Waals surface area contributed by atoms with Gasteiger partial charge >= 0.3 is 0 Å². The number of benzene rings is 1. The summed E-state index contributed by atoms with van der Waals surface area (Å²) >= 11 is 1.13. The Kier molecular flexibility index (Phi) is 4.26. The van der Waals surface area contributed by atoms with E-state index in [1.807, 2.05) is 0 Å². The average Bonchev–Trinajstić information content (AvgIpc) is 2.67. The molecule has 0 fully saturated rings. The fourth-order valence-electron chi connectivity index (χ4n) is 1.66. The summed E-state index contributed by atoms with van der Waals surface area (Å²) in [7, 11) is -4.20. The number of rotatable bonds is 4. The van der Waals surface area contributed by atoms with E-state index in [2.05, 4.69) is 9.71 Å². The zero-order chi connectivity index (χ0) is 15.8. The molecule has 0 saturated carbocycles. The maximum absolute atomic E-state index is 14.1. The molecule has 0 atom stereocenters. The van der Waals surface area contributed by atoms with E-state index in [1.165, 1.54) is 0 Å². The summed E-state index contributed by atoms with van der Waals surface area (Å²) in [5.74, 6) is -2.06. The summed E-state index contributed by atoms with van der Waals surface area (Å²) in [5.41, 5.74) is 5.45. The number of nitrogens with two attached hydrogens (primary N) is 1. The van der Waals surface area contributed by atoms with Crippen LogP contribution in [0.4, 0.5) is 13.9 Å². The van der Waals surface area contributed by atoms with Gasteiger partial charge in [-0.3, -0.25) is 4.72 Å². The van der Waals surface area contributed by atoms with E-state index in [-0.39, 0.29) is 5.13 Å². The van der Waals surface area contributed by atoms with Gasteiger partial charge in [0.1, 0.15) is 10.7 Å². The van der Waals surface area contributed by atoms with Gasteiger partial charge in [0.2, 0.25) is 0 Å². The Balaban J connectivity index is 2.45. The SMILES string of the molecule is Cc1nc(NS(=O)(=O)c2ccc(F)c(CN)c2F)sc1C. The number of aryl methyl sites for hydroxylation is 2. The summed E-state index contributed by atoms with van der Waals surface area (Å²) in [5, 5.41) is 0.128. The van der Waals surface area contributed by atoms with Crippen LogP contribution in [-0.2, 0) is 16.6 Å². The van der Waals surface area contributed by atoms with Gasteiger partial charge in [-0.05, 0) is 26.0 Å². The summed E-state index contributed by atoms with van der Waals surface area (Å²) < 4.78 is 54.0. The number of hydrogen-bond donors (Lipinski definition) is 2. The Morgan fingerprint density at radius 1 is 1.33 bits per heavy atom. The largest absolute Gasteiger partial charge is 0.326 e. The lowest BCUT2D eigenvalue weighted by atomic mass is 10.2. The molecule has 0 aliphatic rings. The van der Waals surface area contributed by atoms with Crippen molar-refractivity contribution < 1.29 is 17.2 Å². The molecular formula is C12H13F2N3O2S2. The first-order valence-electron chi connectivity index (χ1n) is 5.90. The van der Waals surface area contributed by atoms with Crippen molar-refractivity contribution in [1.29, 1.82) is 0 Å². The summed E-state index contributed by atoms with van der Waals surface area (Å²) in [6.45, 7) is 3.08. The van der Waals surface area contributed by atoms with Crippen LogP contribution in [0.5, 0.6) is 0 Å². The normalized spacial score (nSPS) is 11.7. The predicted molar refractivity (Wildman–Crippen MR) is 76.6 cm³/mol. The molecule has 0 aliphatic heterocycles. The third kappa shape index (κ3) is 3.04. The van der Waals surface area contributed by atoms with Crippen LogP contribution >= 0.6 is 11.3 Å². The van der Waals surface area contributed by atoms with Crippen molar-refractivity contribution >= 4 is 26.5 Å². The third-order valence-corrected chi connectivity index (χ3v) is 5.37. The van der Waals surface area contributed by atoms with Gasteiger partial charge in [-0.15, -0.1) is 11.3 Å². The standard InChI is InChI=1S/C12H13F2N3O2S2/c1-6-7(2)20-12(16-6)17-21(18,19)10-4-3-9(13)8(5-15)11(10)14/h3-4H,5,15H2,1-2H3,(H,16,17). The van der Waals surface area contributed by atoms with Crippen molar-refractivity contribution in [3.8, 4) is 0 Å². The number of aromatic nitrogens is 1. The molecule has 114 valence electrons. The highest BCUT2D eigenvalue weighted by Gasteiger charge is 2.24. The molecular weight excluding hydrogens is 320 g/mol. The highest BCUT2D eigenvalue weighted by Crippen LogP contribution is 2.26. The van der Waals surface area contributed by atoms with Gasteiger partial charge < -0.3 is 5.73 Å². The summed E-state index contributed by atoms with van der Waals surface area (Å²) in [4.78, 5) is 4.20. The van der Waals surface area contributed by atoms with Crippen LogP contribution in [0.15, 0.2) is 17.0 Å². The van der Waals surface area contributed by atoms with E-state index < -0.39 is 38.7 Å². The van der Waals surface area contributed by atoms with Gasteiger partial charge in [-0.25, -0.2) is 22.2 Å². The van der Waals surface area contributed by atoms with Crippen molar-refractivity contribution in [3.63, 3.8) is 0 Å². The molecule has 1 aromatic carbocycles. The molecule has 1 aromatic heterocycles. The Bertz CT molecular complexity index is 769. The number of hydrogen-bond acceptors (Lipinski definition) is 5. The molecule has 21 heavy (non-hydrogen) atoms. The number of thiazole rings is 1. The zero-order valence-electron chi connectivity index (χ0n) is 11.3. The first kappa shape index (κ1) is 15.8. The van der Waals surface area contributed by atoms with Crippen LogP contribution in [-0.4, -0.2) is 13.4 Å². The molecule has 0 radical (unpaired) electrons. The second-order valence-corrected chi connectivity index (χ2v) is 7.16. The Hall–Kier alpha value is -1.58. The number of anilines is 1. The van der Waals surface area contributed by atoms with Gasteiger partial charge in [-0.2, -0.15) is 0 Å². The van der Waals surface area contributed by atoms with E-state index in [0.717, 1.165) is 28.3 Å². The van der Waals surface area contributed by atoms with Gasteiger partial charge in [-0.1, -0.05) is 0 Å². The topological polar surface area (TPSA) is 85.1 Å². The predicted octanol–water partition coefficient (Wildman–Crippen LogP) is 2.30. The molecule has 0 unspecified atom stereocenters. The highest BCUT2D eigenvalue weighted by atomic mass is 32.2. The third-order valence-electron chi connectivity index (χ3n) is 2.89. The number of sulfonamides is 1. The van der Waals surface area contributed by atoms with E-state index in [4.69, 9.17) is 5.73 Å². The minimum atomic E-state index is -4.20. The second kappa shape index (κ2) is 5.66. The lowest BCUT2D eigenvalue weighted by Gasteiger charge is -2.09. The second-order valence-electron chi connectivity index (χ2n) is 4.31. The molecule has 0 saturated heterocycles. The molecule has 0 bridgehead atoms. The fraction of sp³-hybridized carbons (Fsp3) is 0.250. The molecule has 3 N–H and O–H groups in total. The van der Waals surface area contributed by atoms with Gasteiger partial charge in [0.05, 0.1) is 5.69 Å². The molecule has 9 heteroatoms. The average molecular weight is 333 g/mol. The molecule has 5 nitrogen and oxygen atoms in total. The quantitative estimate of drug-likeness (QED) is 0.899. The van der Waals surface area contributed by atoms with E-state index in [9.17, 15) is 17.2 Å². The van der Waals surface area contributed by atoms with Crippen LogP contribution in [0, 0.1) is 25.5 Å². The first-order valence-corrected chi connectivity index (χ1v) is 8.20. The van der Waals surface area contributed by atoms with Gasteiger partial charge in [0.15, 0.2) is 10.9 Å². The monoisotopic (exact) mass is 333 g/mol. The van der Waals surface area contributed by atoms with E-state index >= 15 is 0 Å². The van der Waals surface area contributed by atoms with Crippen LogP contribution in [0.1, 0.15) is 16.1 Å². The number of halogens is 2. The lowest BCUT2D eigenvalue weighted by Crippen LogP contribution is -2.17. The molecule has 2 rings (SSSR count). The zero-order valence-corrected chi connectivity index (χ0v) is 12.9. The highest BCUT2D eigenvalue weighted by molar-refractivity contribution is 7.93. The minimum absolute atomic E-state index is 0.128. The lowest BCUT2D eigenvalue weighted by molar-refractivity contribution is 0.530. The van der Waals surface area contributed by atoms with Gasteiger partial charge in [0.25, 0.3) is 10.0 Å². The van der Waals surface area contributed by atoms with Gasteiger partial charge in [0, 0.05) is 17.0 Å². The van der Waals surface area contributed by atoms with E-state index in [1.54, 1.807) is 13.8 Å². The van der Waals surface area contributed by atoms with Crippen molar-refractivity contribution in [2.45, 2.75) is 25.3 Å². The number of nitrogens with zero attached hydrogens (tertiary/aromatic N) is 1. The van der Waals surface area contributed by atoms with Crippen molar-refractivity contribution in [3.05, 3.63) is 39.9 Å². The Labute approximate surface area is 124 Å². The van der Waals surface area contributed by atoms with Crippen LogP contribution < -0.4 is 10.5 Å². The van der Waals surface area contributed by atoms with Crippen molar-refractivity contribution in [2.24, 2.45) is 5.73 Å². The van der Waals surface area contributed by atoms with Crippen LogP contribution in [0.2, 0.25) is 0 Å². The molecule has 0 amide bonds. The number of nitrogens with one attached hydrogen (secondary N) is 1. The Morgan fingerprint density at radius 2 is 2.00 bits per heavy atom. The van der Waals surface area contributed by atoms with E-state index in [0.29, 0.717) is 5.69 Å².